The Kier molecular flexibility index (Phi) is 9.40. The Morgan fingerprint density at radius 2 is 2.38 bits per heavy atom. The van der Waals surface area contributed by atoms with Crippen molar-refractivity contribution in [2.75, 3.05) is 6.61 Å². The summed E-state index contributed by atoms with van der Waals surface area (Å²) in [4.78, 5) is 0. The molecule has 0 heterocycles. The predicted octanol–water partition coefficient (Wildman–Crippen LogP) is 1.57. The Bertz CT molecular complexity index is 84.1. The molecule has 0 bridgehead atoms. The van der Waals surface area contributed by atoms with Gasteiger partial charge in [0.1, 0.15) is 6.61 Å². The van der Waals surface area contributed by atoms with Crippen LogP contribution in [-0.2, 0) is 4.74 Å². The molecule has 8 heavy (non-hydrogen) atoms. The van der Waals surface area contributed by atoms with Crippen molar-refractivity contribution >= 4 is 29.2 Å². The molecule has 0 amide bonds. The highest BCUT2D eigenvalue weighted by Gasteiger charge is 1.79. The number of rotatable bonds is 2. The lowest BCUT2D eigenvalue weighted by Gasteiger charge is -1.93. The minimum atomic E-state index is 0. The summed E-state index contributed by atoms with van der Waals surface area (Å²) in [6.07, 6.45) is 1.61. The summed E-state index contributed by atoms with van der Waals surface area (Å²) < 4.78 is 4.93. The monoisotopic (exact) mass is 151 g/mol. The van der Waals surface area contributed by atoms with Crippen molar-refractivity contribution in [2.24, 2.45) is 0 Å². The topological polar surface area (TPSA) is 44.2 Å². The molecule has 2 nitrogen and oxygen atoms in total. The second-order valence-corrected chi connectivity index (χ2v) is 1.95. The lowest BCUT2D eigenvalue weighted by molar-refractivity contribution is 0.371. The normalized spacial score (nSPS) is 6.62. The fourth-order valence-electron chi connectivity index (χ4n) is 0.130. The summed E-state index contributed by atoms with van der Waals surface area (Å²) >= 11 is 8.15. The van der Waals surface area contributed by atoms with Crippen molar-refractivity contribution in [3.63, 3.8) is 0 Å². The van der Waals surface area contributed by atoms with Crippen LogP contribution in [0.5, 0.6) is 0 Å². The van der Waals surface area contributed by atoms with Crippen molar-refractivity contribution in [3.8, 4) is 0 Å². The maximum absolute atomic E-state index is 4.67. The molecule has 0 rings (SSSR count). The van der Waals surface area contributed by atoms with Crippen LogP contribution >= 0.6 is 24.8 Å². The number of hydrogen-bond acceptors (Lipinski definition) is 3. The molecule has 0 aromatic heterocycles. The summed E-state index contributed by atoms with van der Waals surface area (Å²) in [6.45, 7) is 3.86. The van der Waals surface area contributed by atoms with E-state index in [4.69, 9.17) is 0 Å². The fraction of sp³-hybridized carbons (Fsp3) is 0.250. The lowest BCUT2D eigenvalue weighted by atomic mass is 10.7. The van der Waals surface area contributed by atoms with Crippen molar-refractivity contribution in [3.05, 3.63) is 12.7 Å². The van der Waals surface area contributed by atoms with E-state index < -0.39 is 0 Å². The van der Waals surface area contributed by atoms with Gasteiger partial charge in [0.05, 0.1) is 0 Å². The van der Waals surface area contributed by atoms with E-state index in [1.54, 1.807) is 6.08 Å². The Morgan fingerprint density at radius 3 is 2.50 bits per heavy atom. The molecule has 0 radical (unpaired) electrons. The van der Waals surface area contributed by atoms with Gasteiger partial charge in [-0.1, -0.05) is 25.3 Å². The minimum Gasteiger partial charge on any atom is -0.475 e. The second-order valence-electron chi connectivity index (χ2n) is 0.866. The molecule has 0 atom stereocenters. The fourth-order valence-corrected chi connectivity index (χ4v) is 0.273. The molecule has 0 aliphatic heterocycles. The number of thiol groups is 1. The van der Waals surface area contributed by atoms with E-state index in [9.17, 15) is 0 Å². The van der Waals surface area contributed by atoms with Crippen LogP contribution in [0.2, 0.25) is 0 Å². The maximum atomic E-state index is 4.67. The number of thiocarbonyl (C=S) groups is 1. The molecule has 48 valence electrons. The SMILES string of the molecule is C=CCOC(=S)S.N. The van der Waals surface area contributed by atoms with Gasteiger partial charge in [0.2, 0.25) is 4.38 Å². The van der Waals surface area contributed by atoms with Gasteiger partial charge in [-0.15, -0.1) is 0 Å². The predicted molar refractivity (Wildman–Crippen MR) is 42.8 cm³/mol. The standard InChI is InChI=1S/C4H6OS2.H3N/c1-2-3-5-4(6)7;/h2H,1,3H2,(H,6,7);1H3. The summed E-state index contributed by atoms with van der Waals surface area (Å²) in [6, 6.07) is 0. The molecule has 3 N–H and O–H groups in total. The summed E-state index contributed by atoms with van der Waals surface area (Å²) in [7, 11) is 0. The zero-order valence-electron chi connectivity index (χ0n) is 4.46. The average Bonchev–Trinajstić information content (AvgIpc) is 1.61. The molecule has 0 saturated heterocycles. The molecular weight excluding hydrogens is 142 g/mol. The molecule has 0 aromatic rings. The number of ether oxygens (including phenoxy) is 1. The van der Waals surface area contributed by atoms with E-state index in [1.807, 2.05) is 0 Å². The lowest BCUT2D eigenvalue weighted by Crippen LogP contribution is -1.90. The molecule has 0 aromatic carbocycles. The second kappa shape index (κ2) is 6.94. The van der Waals surface area contributed by atoms with Crippen LogP contribution < -0.4 is 6.15 Å². The highest BCUT2D eigenvalue weighted by atomic mass is 32.1. The van der Waals surface area contributed by atoms with Crippen molar-refractivity contribution in [1.82, 2.24) is 6.15 Å². The van der Waals surface area contributed by atoms with Crippen molar-refractivity contribution in [2.45, 2.75) is 0 Å². The Balaban J connectivity index is 0. The van der Waals surface area contributed by atoms with Gasteiger partial charge in [-0.3, -0.25) is 0 Å². The maximum Gasteiger partial charge on any atom is 0.217 e. The van der Waals surface area contributed by atoms with E-state index in [0.717, 1.165) is 0 Å². The highest BCUT2D eigenvalue weighted by Crippen LogP contribution is 1.85. The largest absolute Gasteiger partial charge is 0.475 e. The summed E-state index contributed by atoms with van der Waals surface area (Å²) in [5.41, 5.74) is 0. The van der Waals surface area contributed by atoms with Gasteiger partial charge in [-0.05, 0) is 12.2 Å². The molecule has 0 aliphatic rings. The van der Waals surface area contributed by atoms with Gasteiger partial charge in [-0.25, -0.2) is 0 Å². The number of hydrogen-bond donors (Lipinski definition) is 2. The minimum absolute atomic E-state index is 0. The summed E-state index contributed by atoms with van der Waals surface area (Å²) in [5.74, 6) is 0. The Morgan fingerprint density at radius 1 is 1.88 bits per heavy atom. The van der Waals surface area contributed by atoms with Gasteiger partial charge in [-0.2, -0.15) is 0 Å². The molecule has 0 aliphatic carbocycles. The van der Waals surface area contributed by atoms with Crippen LogP contribution in [0.1, 0.15) is 0 Å². The van der Waals surface area contributed by atoms with E-state index in [2.05, 4.69) is 36.2 Å². The van der Waals surface area contributed by atoms with Crippen LogP contribution in [-0.4, -0.2) is 11.0 Å². The van der Waals surface area contributed by atoms with E-state index in [0.29, 0.717) is 6.61 Å². The van der Waals surface area contributed by atoms with E-state index in [-0.39, 0.29) is 10.5 Å². The molecule has 0 saturated carbocycles. The van der Waals surface area contributed by atoms with Crippen LogP contribution in [0.4, 0.5) is 0 Å². The third-order valence-electron chi connectivity index (χ3n) is 0.325. The highest BCUT2D eigenvalue weighted by molar-refractivity contribution is 8.10. The molecule has 4 heteroatoms. The first-order valence-electron chi connectivity index (χ1n) is 1.74. The van der Waals surface area contributed by atoms with E-state index >= 15 is 0 Å². The zero-order chi connectivity index (χ0) is 5.70. The average molecular weight is 151 g/mol. The first kappa shape index (κ1) is 10.8. The van der Waals surface area contributed by atoms with E-state index in [1.165, 1.54) is 0 Å². The zero-order valence-corrected chi connectivity index (χ0v) is 6.17. The van der Waals surface area contributed by atoms with Crippen LogP contribution in [0.15, 0.2) is 12.7 Å². The van der Waals surface area contributed by atoms with Crippen molar-refractivity contribution in [1.29, 1.82) is 0 Å². The van der Waals surface area contributed by atoms with Gasteiger partial charge >= 0.3 is 0 Å². The smallest absolute Gasteiger partial charge is 0.217 e. The van der Waals surface area contributed by atoms with Gasteiger partial charge in [0, 0.05) is 0 Å². The van der Waals surface area contributed by atoms with Gasteiger partial charge < -0.3 is 10.9 Å². The van der Waals surface area contributed by atoms with Crippen molar-refractivity contribution < 1.29 is 4.74 Å². The third kappa shape index (κ3) is 9.34. The van der Waals surface area contributed by atoms with Gasteiger partial charge in [0.25, 0.3) is 0 Å². The molecule has 0 spiro atoms. The molecule has 0 fully saturated rings. The first-order valence-corrected chi connectivity index (χ1v) is 2.59. The first-order chi connectivity index (χ1) is 3.27. The van der Waals surface area contributed by atoms with Crippen LogP contribution in [0, 0.1) is 0 Å². The van der Waals surface area contributed by atoms with Gasteiger partial charge in [0.15, 0.2) is 0 Å². The Labute approximate surface area is 59.9 Å². The third-order valence-corrected chi connectivity index (χ3v) is 0.572. The summed E-state index contributed by atoms with van der Waals surface area (Å²) in [5, 5.41) is 0. The quantitative estimate of drug-likeness (QED) is 0.357. The van der Waals surface area contributed by atoms with Crippen LogP contribution in [0.3, 0.4) is 0 Å². The van der Waals surface area contributed by atoms with Crippen LogP contribution in [0.25, 0.3) is 0 Å². The molecule has 0 unspecified atom stereocenters. The Hall–Kier alpha value is -0.0600. The molecular formula is C4H9NOS2.